The maximum atomic E-state index is 13.3. The molecule has 0 spiro atoms. The van der Waals surface area contributed by atoms with Crippen LogP contribution in [0.1, 0.15) is 30.4 Å². The zero-order valence-corrected chi connectivity index (χ0v) is 23.6. The van der Waals surface area contributed by atoms with Crippen molar-refractivity contribution >= 4 is 25.9 Å². The zero-order chi connectivity index (χ0) is 28.3. The third-order valence-corrected chi connectivity index (χ3v) is 10.5. The first kappa shape index (κ1) is 27.5. The van der Waals surface area contributed by atoms with Gasteiger partial charge in [-0.15, -0.1) is 0 Å². The Kier molecular flexibility index (Phi) is 7.72. The van der Waals surface area contributed by atoms with Crippen LogP contribution in [-0.4, -0.2) is 44.0 Å². The Morgan fingerprint density at radius 1 is 0.850 bits per heavy atom. The molecule has 4 aromatic rings. The second kappa shape index (κ2) is 11.2. The number of hydrogen-bond donors (Lipinski definition) is 0. The Morgan fingerprint density at radius 3 is 2.10 bits per heavy atom. The lowest BCUT2D eigenvalue weighted by Gasteiger charge is -2.25. The lowest BCUT2D eigenvalue weighted by atomic mass is 10.1. The van der Waals surface area contributed by atoms with Gasteiger partial charge >= 0.3 is 0 Å². The first-order valence-electron chi connectivity index (χ1n) is 12.9. The Hall–Kier alpha value is -4.04. The summed E-state index contributed by atoms with van der Waals surface area (Å²) in [5.74, 6) is 0. The van der Waals surface area contributed by atoms with Crippen LogP contribution in [0.5, 0.6) is 0 Å². The molecule has 1 aliphatic rings. The topological polar surface area (TPSA) is 113 Å². The van der Waals surface area contributed by atoms with E-state index in [1.165, 1.54) is 22.5 Å². The number of allylic oxidation sites excluding steroid dienone is 1. The average molecular weight is 573 g/mol. The SMILES string of the molecule is Cc1ccc(S(=O)(=O)C(C#N)=Cc2cn(-c3ccccc3)nc2-c2ccc(S(=O)(=O)N3CCCCC3)cc2)cc1. The van der Waals surface area contributed by atoms with Crippen LogP contribution < -0.4 is 0 Å². The molecule has 0 radical (unpaired) electrons. The molecule has 0 bridgehead atoms. The highest BCUT2D eigenvalue weighted by atomic mass is 32.2. The molecular weight excluding hydrogens is 544 g/mol. The summed E-state index contributed by atoms with van der Waals surface area (Å²) in [7, 11) is -7.69. The quantitative estimate of drug-likeness (QED) is 0.276. The molecule has 1 fully saturated rings. The van der Waals surface area contributed by atoms with Crippen LogP contribution in [0.3, 0.4) is 0 Å². The molecule has 1 aromatic heterocycles. The van der Waals surface area contributed by atoms with Crippen molar-refractivity contribution in [1.29, 1.82) is 5.26 Å². The molecule has 8 nitrogen and oxygen atoms in total. The minimum atomic E-state index is -4.08. The number of rotatable bonds is 7. The normalized spacial score (nSPS) is 15.1. The van der Waals surface area contributed by atoms with E-state index >= 15 is 0 Å². The van der Waals surface area contributed by atoms with Crippen LogP contribution in [0.2, 0.25) is 0 Å². The van der Waals surface area contributed by atoms with Gasteiger partial charge in [0.1, 0.15) is 16.7 Å². The van der Waals surface area contributed by atoms with Crippen molar-refractivity contribution in [3.63, 3.8) is 0 Å². The van der Waals surface area contributed by atoms with Crippen molar-refractivity contribution in [2.45, 2.75) is 36.0 Å². The van der Waals surface area contributed by atoms with E-state index in [1.807, 2.05) is 43.3 Å². The Bertz CT molecular complexity index is 1800. The Balaban J connectivity index is 1.58. The summed E-state index contributed by atoms with van der Waals surface area (Å²) in [5, 5.41) is 14.6. The zero-order valence-electron chi connectivity index (χ0n) is 21.9. The fraction of sp³-hybridized carbons (Fsp3) is 0.200. The van der Waals surface area contributed by atoms with E-state index in [1.54, 1.807) is 47.3 Å². The number of benzene rings is 3. The number of aryl methyl sites for hydroxylation is 1. The van der Waals surface area contributed by atoms with E-state index in [4.69, 9.17) is 5.10 Å². The van der Waals surface area contributed by atoms with Gasteiger partial charge in [0.05, 0.1) is 15.5 Å². The highest BCUT2D eigenvalue weighted by molar-refractivity contribution is 7.95. The highest BCUT2D eigenvalue weighted by Crippen LogP contribution is 2.30. The van der Waals surface area contributed by atoms with Gasteiger partial charge in [0.15, 0.2) is 0 Å². The van der Waals surface area contributed by atoms with Gasteiger partial charge in [0.25, 0.3) is 0 Å². The van der Waals surface area contributed by atoms with E-state index in [0.717, 1.165) is 30.5 Å². The van der Waals surface area contributed by atoms with Crippen molar-refractivity contribution in [3.8, 4) is 23.0 Å². The molecule has 204 valence electrons. The van der Waals surface area contributed by atoms with Gasteiger partial charge in [-0.05, 0) is 62.2 Å². The molecule has 0 amide bonds. The maximum Gasteiger partial charge on any atom is 0.243 e. The minimum absolute atomic E-state index is 0.0233. The third-order valence-electron chi connectivity index (χ3n) is 6.86. The first-order chi connectivity index (χ1) is 19.2. The maximum absolute atomic E-state index is 13.3. The smallest absolute Gasteiger partial charge is 0.240 e. The summed E-state index contributed by atoms with van der Waals surface area (Å²) in [5.41, 5.74) is 3.05. The summed E-state index contributed by atoms with van der Waals surface area (Å²) >= 11 is 0. The van der Waals surface area contributed by atoms with Crippen molar-refractivity contribution in [2.75, 3.05) is 13.1 Å². The van der Waals surface area contributed by atoms with Gasteiger partial charge in [-0.25, -0.2) is 21.5 Å². The molecule has 40 heavy (non-hydrogen) atoms. The van der Waals surface area contributed by atoms with Crippen LogP contribution in [0, 0.1) is 18.3 Å². The van der Waals surface area contributed by atoms with E-state index < -0.39 is 24.8 Å². The van der Waals surface area contributed by atoms with Crippen molar-refractivity contribution in [3.05, 3.63) is 101 Å². The summed E-state index contributed by atoms with van der Waals surface area (Å²) < 4.78 is 56.0. The second-order valence-corrected chi connectivity index (χ2v) is 13.5. The molecular formula is C30H28N4O4S2. The lowest BCUT2D eigenvalue weighted by molar-refractivity contribution is 0.346. The second-order valence-electron chi connectivity index (χ2n) is 9.64. The molecule has 0 atom stereocenters. The van der Waals surface area contributed by atoms with Crippen LogP contribution in [-0.2, 0) is 19.9 Å². The van der Waals surface area contributed by atoms with Crippen LogP contribution in [0.25, 0.3) is 23.0 Å². The Morgan fingerprint density at radius 2 is 1.48 bits per heavy atom. The number of hydrogen-bond acceptors (Lipinski definition) is 6. The van der Waals surface area contributed by atoms with Crippen LogP contribution >= 0.6 is 0 Å². The van der Waals surface area contributed by atoms with Gasteiger partial charge < -0.3 is 0 Å². The van der Waals surface area contributed by atoms with E-state index in [-0.39, 0.29) is 9.79 Å². The number of piperidine rings is 1. The molecule has 0 aliphatic carbocycles. The number of sulfonamides is 1. The molecule has 10 heteroatoms. The standard InChI is InChI=1S/C30H28N4O4S2/c1-23-10-14-27(15-11-23)39(35,36)29(21-31)20-25-22-34(26-8-4-2-5-9-26)32-30(25)24-12-16-28(17-13-24)40(37,38)33-18-6-3-7-19-33/h2,4-5,8-17,20,22H,3,6-7,18-19H2,1H3. The molecule has 0 unspecified atom stereocenters. The first-order valence-corrected chi connectivity index (χ1v) is 15.8. The summed E-state index contributed by atoms with van der Waals surface area (Å²) in [6.45, 7) is 2.87. The van der Waals surface area contributed by atoms with E-state index in [2.05, 4.69) is 0 Å². The van der Waals surface area contributed by atoms with Gasteiger partial charge in [-0.3, -0.25) is 0 Å². The fourth-order valence-corrected chi connectivity index (χ4v) is 7.29. The van der Waals surface area contributed by atoms with Crippen molar-refractivity contribution in [2.24, 2.45) is 0 Å². The van der Waals surface area contributed by atoms with Crippen LogP contribution in [0.4, 0.5) is 0 Å². The molecule has 0 saturated carbocycles. The summed E-state index contributed by atoms with van der Waals surface area (Å²) in [4.78, 5) is -0.206. The Labute approximate surface area is 234 Å². The lowest BCUT2D eigenvalue weighted by Crippen LogP contribution is -2.35. The molecule has 3 aromatic carbocycles. The highest BCUT2D eigenvalue weighted by Gasteiger charge is 2.26. The monoisotopic (exact) mass is 572 g/mol. The predicted molar refractivity (Wildman–Crippen MR) is 154 cm³/mol. The average Bonchev–Trinajstić information content (AvgIpc) is 3.41. The van der Waals surface area contributed by atoms with E-state index in [9.17, 15) is 22.1 Å². The molecule has 5 rings (SSSR count). The predicted octanol–water partition coefficient (Wildman–Crippen LogP) is 5.36. The largest absolute Gasteiger partial charge is 0.243 e. The summed E-state index contributed by atoms with van der Waals surface area (Å²) in [6.07, 6.45) is 5.68. The fourth-order valence-electron chi connectivity index (χ4n) is 4.62. The van der Waals surface area contributed by atoms with Crippen molar-refractivity contribution < 1.29 is 16.8 Å². The third kappa shape index (κ3) is 5.49. The number of aromatic nitrogens is 2. The van der Waals surface area contributed by atoms with E-state index in [0.29, 0.717) is 29.9 Å². The summed E-state index contributed by atoms with van der Waals surface area (Å²) in [6, 6.07) is 23.9. The van der Waals surface area contributed by atoms with Gasteiger partial charge in [-0.1, -0.05) is 54.4 Å². The van der Waals surface area contributed by atoms with Gasteiger partial charge in [0, 0.05) is 30.4 Å². The van der Waals surface area contributed by atoms with Crippen LogP contribution in [0.15, 0.2) is 99.8 Å². The van der Waals surface area contributed by atoms with Crippen molar-refractivity contribution in [1.82, 2.24) is 14.1 Å². The van der Waals surface area contributed by atoms with Gasteiger partial charge in [0.2, 0.25) is 19.9 Å². The molecule has 2 heterocycles. The minimum Gasteiger partial charge on any atom is -0.240 e. The van der Waals surface area contributed by atoms with Gasteiger partial charge in [-0.2, -0.15) is 14.7 Å². The number of nitriles is 1. The number of nitrogens with zero attached hydrogens (tertiary/aromatic N) is 4. The number of para-hydroxylation sites is 1. The number of sulfone groups is 1. The molecule has 0 N–H and O–H groups in total. The molecule has 1 aliphatic heterocycles. The molecule has 1 saturated heterocycles.